The van der Waals surface area contributed by atoms with Gasteiger partial charge in [0.25, 0.3) is 0 Å². The highest BCUT2D eigenvalue weighted by Crippen LogP contribution is 2.29. The minimum absolute atomic E-state index is 0.0882. The molecule has 0 saturated heterocycles. The third kappa shape index (κ3) is 3.71. The van der Waals surface area contributed by atoms with Gasteiger partial charge in [0.05, 0.1) is 6.67 Å². The summed E-state index contributed by atoms with van der Waals surface area (Å²) in [5.74, 6) is 0.609. The molecule has 0 spiro atoms. The van der Waals surface area contributed by atoms with E-state index in [0.717, 1.165) is 13.0 Å². The number of aryl methyl sites for hydroxylation is 1. The molecule has 1 aromatic heterocycles. The summed E-state index contributed by atoms with van der Waals surface area (Å²) < 4.78 is 4.25. The van der Waals surface area contributed by atoms with Gasteiger partial charge in [0, 0.05) is 19.6 Å². The van der Waals surface area contributed by atoms with E-state index in [1.54, 1.807) is 4.57 Å². The van der Waals surface area contributed by atoms with Gasteiger partial charge in [-0.3, -0.25) is 4.90 Å². The normalized spacial score (nSPS) is 14.6. The second kappa shape index (κ2) is 6.95. The Morgan fingerprint density at radius 3 is 2.43 bits per heavy atom. The van der Waals surface area contributed by atoms with Crippen LogP contribution in [0.3, 0.4) is 0 Å². The van der Waals surface area contributed by atoms with Crippen molar-refractivity contribution >= 4 is 12.2 Å². The SMILES string of the molecule is CCc1ccc(CN(Cn2nc(CO)n(C)c2=S)C2CC2)cc1. The molecule has 124 valence electrons. The van der Waals surface area contributed by atoms with Crippen molar-refractivity contribution in [1.82, 2.24) is 19.2 Å². The molecular weight excluding hydrogens is 308 g/mol. The molecule has 1 saturated carbocycles. The van der Waals surface area contributed by atoms with Crippen molar-refractivity contribution < 1.29 is 5.11 Å². The topological polar surface area (TPSA) is 46.2 Å². The molecule has 0 unspecified atom stereocenters. The lowest BCUT2D eigenvalue weighted by Gasteiger charge is -2.22. The molecule has 1 N–H and O–H groups in total. The Balaban J connectivity index is 1.75. The lowest BCUT2D eigenvalue weighted by Crippen LogP contribution is -2.29. The fourth-order valence-electron chi connectivity index (χ4n) is 2.78. The van der Waals surface area contributed by atoms with Crippen LogP contribution in [0.4, 0.5) is 0 Å². The van der Waals surface area contributed by atoms with Crippen molar-refractivity contribution in [2.24, 2.45) is 7.05 Å². The highest BCUT2D eigenvalue weighted by atomic mass is 32.1. The first-order valence-electron chi connectivity index (χ1n) is 8.17. The van der Waals surface area contributed by atoms with E-state index in [4.69, 9.17) is 12.2 Å². The number of hydrogen-bond donors (Lipinski definition) is 1. The van der Waals surface area contributed by atoms with E-state index in [9.17, 15) is 5.11 Å². The Bertz CT molecular complexity index is 715. The Morgan fingerprint density at radius 1 is 1.26 bits per heavy atom. The van der Waals surface area contributed by atoms with Gasteiger partial charge in [0.15, 0.2) is 10.6 Å². The Kier molecular flexibility index (Phi) is 4.94. The first-order chi connectivity index (χ1) is 11.1. The Labute approximate surface area is 142 Å². The predicted molar refractivity (Wildman–Crippen MR) is 92.3 cm³/mol. The van der Waals surface area contributed by atoms with E-state index in [2.05, 4.69) is 41.2 Å². The van der Waals surface area contributed by atoms with Gasteiger partial charge in [-0.05, 0) is 42.6 Å². The Morgan fingerprint density at radius 2 is 1.91 bits per heavy atom. The number of aromatic nitrogens is 3. The minimum atomic E-state index is -0.0882. The number of nitrogens with zero attached hydrogens (tertiary/aromatic N) is 4. The van der Waals surface area contributed by atoms with Gasteiger partial charge in [-0.25, -0.2) is 4.68 Å². The fraction of sp³-hybridized carbons (Fsp3) is 0.529. The molecule has 0 bridgehead atoms. The molecule has 1 aliphatic carbocycles. The molecule has 0 radical (unpaired) electrons. The first-order valence-corrected chi connectivity index (χ1v) is 8.58. The largest absolute Gasteiger partial charge is 0.388 e. The summed E-state index contributed by atoms with van der Waals surface area (Å²) in [5, 5.41) is 13.8. The molecule has 5 nitrogen and oxygen atoms in total. The van der Waals surface area contributed by atoms with Gasteiger partial charge in [-0.15, -0.1) is 0 Å². The zero-order chi connectivity index (χ0) is 16.4. The lowest BCUT2D eigenvalue weighted by atomic mass is 10.1. The second-order valence-electron chi connectivity index (χ2n) is 6.20. The maximum Gasteiger partial charge on any atom is 0.198 e. The summed E-state index contributed by atoms with van der Waals surface area (Å²) in [6.45, 7) is 3.66. The minimum Gasteiger partial charge on any atom is -0.388 e. The lowest BCUT2D eigenvalue weighted by molar-refractivity contribution is 0.185. The van der Waals surface area contributed by atoms with Gasteiger partial charge in [0.2, 0.25) is 0 Å². The van der Waals surface area contributed by atoms with Gasteiger partial charge in [-0.1, -0.05) is 31.2 Å². The molecule has 1 aromatic carbocycles. The van der Waals surface area contributed by atoms with Crippen molar-refractivity contribution in [3.05, 3.63) is 46.0 Å². The summed E-state index contributed by atoms with van der Waals surface area (Å²) >= 11 is 5.43. The molecule has 2 aromatic rings. The van der Waals surface area contributed by atoms with E-state index in [1.807, 2.05) is 11.7 Å². The van der Waals surface area contributed by atoms with Gasteiger partial charge >= 0.3 is 0 Å². The van der Waals surface area contributed by atoms with Crippen LogP contribution in [0.25, 0.3) is 0 Å². The summed E-state index contributed by atoms with van der Waals surface area (Å²) in [4.78, 5) is 2.42. The average molecular weight is 332 g/mol. The maximum atomic E-state index is 9.34. The molecule has 0 atom stereocenters. The van der Waals surface area contributed by atoms with Crippen molar-refractivity contribution in [3.63, 3.8) is 0 Å². The predicted octanol–water partition coefficient (Wildman–Crippen LogP) is 2.63. The highest BCUT2D eigenvalue weighted by Gasteiger charge is 2.29. The van der Waals surface area contributed by atoms with Crippen LogP contribution in [-0.2, 0) is 33.3 Å². The van der Waals surface area contributed by atoms with Crippen LogP contribution < -0.4 is 0 Å². The van der Waals surface area contributed by atoms with E-state index < -0.39 is 0 Å². The highest BCUT2D eigenvalue weighted by molar-refractivity contribution is 7.71. The van der Waals surface area contributed by atoms with E-state index in [-0.39, 0.29) is 6.61 Å². The Hall–Kier alpha value is -1.50. The van der Waals surface area contributed by atoms with Crippen molar-refractivity contribution in [2.75, 3.05) is 0 Å². The van der Waals surface area contributed by atoms with Gasteiger partial charge < -0.3 is 9.67 Å². The average Bonchev–Trinajstić information content (AvgIpc) is 3.38. The number of aliphatic hydroxyl groups is 1. The molecule has 0 amide bonds. The van der Waals surface area contributed by atoms with Gasteiger partial charge in [0.1, 0.15) is 6.61 Å². The zero-order valence-corrected chi connectivity index (χ0v) is 14.6. The number of aliphatic hydroxyl groups excluding tert-OH is 1. The number of benzene rings is 1. The first kappa shape index (κ1) is 16.4. The van der Waals surface area contributed by atoms with Crippen LogP contribution >= 0.6 is 12.2 Å². The summed E-state index contributed by atoms with van der Waals surface area (Å²) in [6, 6.07) is 9.45. The van der Waals surface area contributed by atoms with Crippen molar-refractivity contribution in [3.8, 4) is 0 Å². The fourth-order valence-corrected chi connectivity index (χ4v) is 2.99. The van der Waals surface area contributed by atoms with Crippen LogP contribution in [-0.4, -0.2) is 30.4 Å². The summed E-state index contributed by atoms with van der Waals surface area (Å²) in [7, 11) is 1.85. The third-order valence-corrected chi connectivity index (χ3v) is 4.95. The number of rotatable bonds is 7. The van der Waals surface area contributed by atoms with Gasteiger partial charge in [-0.2, -0.15) is 5.10 Å². The van der Waals surface area contributed by atoms with Crippen LogP contribution in [0.1, 0.15) is 36.7 Å². The quantitative estimate of drug-likeness (QED) is 0.792. The maximum absolute atomic E-state index is 9.34. The molecule has 6 heteroatoms. The molecular formula is C17H24N4OS. The van der Waals surface area contributed by atoms with E-state index >= 15 is 0 Å². The molecule has 1 fully saturated rings. The van der Waals surface area contributed by atoms with Crippen LogP contribution in [0.15, 0.2) is 24.3 Å². The van der Waals surface area contributed by atoms with Crippen molar-refractivity contribution in [2.45, 2.75) is 52.0 Å². The second-order valence-corrected chi connectivity index (χ2v) is 6.57. The zero-order valence-electron chi connectivity index (χ0n) is 13.8. The number of hydrogen-bond acceptors (Lipinski definition) is 4. The van der Waals surface area contributed by atoms with Crippen LogP contribution in [0.5, 0.6) is 0 Å². The molecule has 1 heterocycles. The van der Waals surface area contributed by atoms with Crippen molar-refractivity contribution in [1.29, 1.82) is 0 Å². The van der Waals surface area contributed by atoms with Crippen LogP contribution in [0, 0.1) is 4.77 Å². The molecule has 3 rings (SSSR count). The van der Waals surface area contributed by atoms with E-state index in [0.29, 0.717) is 23.3 Å². The molecule has 0 aliphatic heterocycles. The molecule has 1 aliphatic rings. The standard InChI is InChI=1S/C17H24N4OS/c1-3-13-4-6-14(7-5-13)10-20(15-8-9-15)12-21-17(23)19(2)16(11-22)18-21/h4-7,15,22H,3,8-12H2,1-2H3. The smallest absolute Gasteiger partial charge is 0.198 e. The molecule has 23 heavy (non-hydrogen) atoms. The van der Waals surface area contributed by atoms with Crippen LogP contribution in [0.2, 0.25) is 0 Å². The summed E-state index contributed by atoms with van der Waals surface area (Å²) in [6.07, 6.45) is 3.54. The summed E-state index contributed by atoms with van der Waals surface area (Å²) in [5.41, 5.74) is 2.69. The monoisotopic (exact) mass is 332 g/mol. The van der Waals surface area contributed by atoms with E-state index in [1.165, 1.54) is 24.0 Å². The third-order valence-electron chi connectivity index (χ3n) is 4.47.